The van der Waals surface area contributed by atoms with Crippen LogP contribution in [-0.2, 0) is 14.3 Å². The van der Waals surface area contributed by atoms with Crippen molar-refractivity contribution in [3.05, 3.63) is 65.5 Å². The third-order valence-electron chi connectivity index (χ3n) is 4.51. The summed E-state index contributed by atoms with van der Waals surface area (Å²) < 4.78 is 10.7. The lowest BCUT2D eigenvalue weighted by atomic mass is 9.95. The number of nitrogens with zero attached hydrogens (tertiary/aromatic N) is 2. The molecular formula is C21H22N2O5. The van der Waals surface area contributed by atoms with Gasteiger partial charge in [-0.2, -0.15) is 0 Å². The van der Waals surface area contributed by atoms with Crippen LogP contribution in [0.5, 0.6) is 5.75 Å². The first-order valence-corrected chi connectivity index (χ1v) is 8.99. The van der Waals surface area contributed by atoms with Gasteiger partial charge in [-0.3, -0.25) is 14.6 Å². The summed E-state index contributed by atoms with van der Waals surface area (Å²) in [5.74, 6) is -0.995. The highest BCUT2D eigenvalue weighted by atomic mass is 16.5. The Bertz CT molecular complexity index is 895. The van der Waals surface area contributed by atoms with Crippen LogP contribution >= 0.6 is 0 Å². The molecule has 1 amide bonds. The van der Waals surface area contributed by atoms with Gasteiger partial charge < -0.3 is 19.5 Å². The van der Waals surface area contributed by atoms with Crippen LogP contribution in [0.1, 0.15) is 24.1 Å². The molecule has 0 spiro atoms. The number of benzene rings is 1. The predicted molar refractivity (Wildman–Crippen MR) is 103 cm³/mol. The van der Waals surface area contributed by atoms with Crippen LogP contribution in [0.3, 0.4) is 0 Å². The van der Waals surface area contributed by atoms with E-state index >= 15 is 0 Å². The van der Waals surface area contributed by atoms with E-state index in [1.165, 1.54) is 24.4 Å². The summed E-state index contributed by atoms with van der Waals surface area (Å²) in [6.07, 6.45) is 3.03. The predicted octanol–water partition coefficient (Wildman–Crippen LogP) is 2.55. The second-order valence-corrected chi connectivity index (χ2v) is 6.23. The Balaban J connectivity index is 2.14. The number of aliphatic hydroxyl groups excluding tert-OH is 1. The van der Waals surface area contributed by atoms with E-state index in [1.54, 1.807) is 36.4 Å². The summed E-state index contributed by atoms with van der Waals surface area (Å²) in [6, 6.07) is 9.62. The second kappa shape index (κ2) is 8.67. The van der Waals surface area contributed by atoms with Crippen molar-refractivity contribution in [3.63, 3.8) is 0 Å². The van der Waals surface area contributed by atoms with Gasteiger partial charge in [0.05, 0.1) is 24.8 Å². The molecule has 0 aliphatic carbocycles. The lowest BCUT2D eigenvalue weighted by Gasteiger charge is -2.25. The lowest BCUT2D eigenvalue weighted by molar-refractivity contribution is -0.140. The van der Waals surface area contributed by atoms with Gasteiger partial charge in [0, 0.05) is 31.6 Å². The van der Waals surface area contributed by atoms with Crippen LogP contribution in [0.15, 0.2) is 54.4 Å². The van der Waals surface area contributed by atoms with E-state index < -0.39 is 17.7 Å². The molecule has 146 valence electrons. The van der Waals surface area contributed by atoms with Crippen molar-refractivity contribution in [3.8, 4) is 5.75 Å². The normalized spacial score (nSPS) is 18.5. The zero-order valence-electron chi connectivity index (χ0n) is 15.8. The number of methoxy groups -OCH3 is 1. The Labute approximate surface area is 163 Å². The van der Waals surface area contributed by atoms with Gasteiger partial charge >= 0.3 is 0 Å². The molecule has 1 N–H and O–H groups in total. The van der Waals surface area contributed by atoms with Crippen LogP contribution < -0.4 is 4.74 Å². The molecule has 1 atom stereocenters. The highest BCUT2D eigenvalue weighted by Gasteiger charge is 2.45. The monoisotopic (exact) mass is 382 g/mol. The van der Waals surface area contributed by atoms with Crippen molar-refractivity contribution < 1.29 is 24.2 Å². The SMILES string of the molecule is CCOc1cccc(C2/C(=C(/O)c3ccncc3)C(=O)C(=O)N2CCOC)c1. The number of pyridine rings is 1. The molecule has 0 bridgehead atoms. The standard InChI is InChI=1S/C21H22N2O5/c1-3-28-16-6-4-5-15(13-16)18-17(19(24)14-7-9-22-10-8-14)20(25)21(26)23(18)11-12-27-2/h4-10,13,18,24H,3,11-12H2,1-2H3/b19-17-. The molecule has 28 heavy (non-hydrogen) atoms. The largest absolute Gasteiger partial charge is 0.507 e. The highest BCUT2D eigenvalue weighted by molar-refractivity contribution is 6.46. The van der Waals surface area contributed by atoms with Crippen molar-refractivity contribution in [1.82, 2.24) is 9.88 Å². The maximum absolute atomic E-state index is 12.8. The molecule has 2 aromatic rings. The summed E-state index contributed by atoms with van der Waals surface area (Å²) in [7, 11) is 1.53. The fourth-order valence-electron chi connectivity index (χ4n) is 3.25. The average Bonchev–Trinajstić information content (AvgIpc) is 2.97. The minimum Gasteiger partial charge on any atom is -0.507 e. The molecule has 0 saturated carbocycles. The molecule has 3 rings (SSSR count). The number of ether oxygens (including phenoxy) is 2. The first kappa shape index (κ1) is 19.6. The van der Waals surface area contributed by atoms with Gasteiger partial charge in [0.25, 0.3) is 11.7 Å². The molecule has 7 heteroatoms. The molecule has 1 aromatic carbocycles. The average molecular weight is 382 g/mol. The number of Topliss-reactive ketones (excluding diaryl/α,β-unsaturated/α-hetero) is 1. The molecule has 2 heterocycles. The van der Waals surface area contributed by atoms with Crippen LogP contribution in [0.2, 0.25) is 0 Å². The van der Waals surface area contributed by atoms with Gasteiger partial charge in [-0.1, -0.05) is 12.1 Å². The fourth-order valence-corrected chi connectivity index (χ4v) is 3.25. The number of aliphatic hydroxyl groups is 1. The van der Waals surface area contributed by atoms with E-state index in [-0.39, 0.29) is 24.5 Å². The fraction of sp³-hybridized carbons (Fsp3) is 0.286. The van der Waals surface area contributed by atoms with Crippen LogP contribution in [0, 0.1) is 0 Å². The smallest absolute Gasteiger partial charge is 0.295 e. The van der Waals surface area contributed by atoms with Crippen LogP contribution in [-0.4, -0.2) is 53.5 Å². The van der Waals surface area contributed by atoms with Crippen molar-refractivity contribution >= 4 is 17.4 Å². The molecule has 1 fully saturated rings. The van der Waals surface area contributed by atoms with Gasteiger partial charge in [0.15, 0.2) is 0 Å². The van der Waals surface area contributed by atoms with Crippen molar-refractivity contribution in [2.24, 2.45) is 0 Å². The Hall–Kier alpha value is -3.19. The topological polar surface area (TPSA) is 89.0 Å². The Kier molecular flexibility index (Phi) is 6.06. The van der Waals surface area contributed by atoms with Gasteiger partial charge in [-0.15, -0.1) is 0 Å². The molecule has 0 radical (unpaired) electrons. The molecular weight excluding hydrogens is 360 g/mol. The maximum Gasteiger partial charge on any atom is 0.295 e. The van der Waals surface area contributed by atoms with Crippen molar-refractivity contribution in [2.45, 2.75) is 13.0 Å². The maximum atomic E-state index is 12.8. The molecule has 1 aliphatic heterocycles. The molecule has 1 aliphatic rings. The van der Waals surface area contributed by atoms with E-state index in [2.05, 4.69) is 4.98 Å². The number of carbonyl (C=O) groups is 2. The van der Waals surface area contributed by atoms with Crippen molar-refractivity contribution in [2.75, 3.05) is 26.9 Å². The van der Waals surface area contributed by atoms with Gasteiger partial charge in [-0.05, 0) is 36.8 Å². The molecule has 1 saturated heterocycles. The van der Waals surface area contributed by atoms with Crippen LogP contribution in [0.25, 0.3) is 5.76 Å². The molecule has 1 unspecified atom stereocenters. The van der Waals surface area contributed by atoms with E-state index in [1.807, 2.05) is 6.92 Å². The Morgan fingerprint density at radius 2 is 1.96 bits per heavy atom. The van der Waals surface area contributed by atoms with E-state index in [4.69, 9.17) is 9.47 Å². The quantitative estimate of drug-likeness (QED) is 0.450. The summed E-state index contributed by atoms with van der Waals surface area (Å²) in [4.78, 5) is 30.8. The molecule has 1 aromatic heterocycles. The number of ketones is 1. The minimum absolute atomic E-state index is 0.0425. The van der Waals surface area contributed by atoms with E-state index in [0.717, 1.165) is 0 Å². The van der Waals surface area contributed by atoms with Gasteiger partial charge in [0.2, 0.25) is 0 Å². The van der Waals surface area contributed by atoms with Crippen LogP contribution in [0.4, 0.5) is 0 Å². The first-order valence-electron chi connectivity index (χ1n) is 8.99. The second-order valence-electron chi connectivity index (χ2n) is 6.23. The summed E-state index contributed by atoms with van der Waals surface area (Å²) >= 11 is 0. The summed E-state index contributed by atoms with van der Waals surface area (Å²) in [5.41, 5.74) is 1.14. The number of hydrogen-bond donors (Lipinski definition) is 1. The number of likely N-dealkylation sites (tertiary alicyclic amines) is 1. The van der Waals surface area contributed by atoms with Gasteiger partial charge in [0.1, 0.15) is 11.5 Å². The third-order valence-corrected chi connectivity index (χ3v) is 4.51. The zero-order valence-corrected chi connectivity index (χ0v) is 15.8. The summed E-state index contributed by atoms with van der Waals surface area (Å²) in [5, 5.41) is 10.8. The number of aromatic nitrogens is 1. The lowest BCUT2D eigenvalue weighted by Crippen LogP contribution is -2.32. The minimum atomic E-state index is -0.733. The zero-order chi connectivity index (χ0) is 20.1. The Morgan fingerprint density at radius 1 is 1.21 bits per heavy atom. The molecule has 7 nitrogen and oxygen atoms in total. The van der Waals surface area contributed by atoms with Gasteiger partial charge in [-0.25, -0.2) is 0 Å². The van der Waals surface area contributed by atoms with E-state index in [0.29, 0.717) is 23.5 Å². The number of amides is 1. The van der Waals surface area contributed by atoms with Crippen molar-refractivity contribution in [1.29, 1.82) is 0 Å². The number of hydrogen-bond acceptors (Lipinski definition) is 6. The Morgan fingerprint density at radius 3 is 2.64 bits per heavy atom. The summed E-state index contributed by atoms with van der Waals surface area (Å²) in [6.45, 7) is 2.85. The first-order chi connectivity index (χ1) is 13.6. The highest BCUT2D eigenvalue weighted by Crippen LogP contribution is 2.39. The number of rotatable bonds is 7. The number of carbonyl (C=O) groups excluding carboxylic acids is 2. The third kappa shape index (κ3) is 3.75. The van der Waals surface area contributed by atoms with E-state index in [9.17, 15) is 14.7 Å².